The second-order valence-electron chi connectivity index (χ2n) is 5.38. The maximum Gasteiger partial charge on any atom is 0.307 e. The number of hydrogen-bond acceptors (Lipinski definition) is 3. The number of carbonyl (C=O) groups is 1. The second-order valence-corrected chi connectivity index (χ2v) is 5.38. The van der Waals surface area contributed by atoms with Crippen LogP contribution < -0.4 is 4.74 Å². The molecule has 5 nitrogen and oxygen atoms in total. The Balaban J connectivity index is 2.09. The highest BCUT2D eigenvalue weighted by molar-refractivity contribution is 5.78. The summed E-state index contributed by atoms with van der Waals surface area (Å²) in [5.41, 5.74) is 1.83. The Hall–Kier alpha value is -2.30. The minimum Gasteiger partial charge on any atom is -0.497 e. The van der Waals surface area contributed by atoms with Crippen LogP contribution in [0.4, 0.5) is 0 Å². The molecule has 21 heavy (non-hydrogen) atoms. The first-order valence-electron chi connectivity index (χ1n) is 7.00. The monoisotopic (exact) mass is 286 g/mol. The lowest BCUT2D eigenvalue weighted by Crippen LogP contribution is -2.25. The summed E-state index contributed by atoms with van der Waals surface area (Å²) in [4.78, 5) is 16.1. The summed E-state index contributed by atoms with van der Waals surface area (Å²) < 4.78 is 7.22. The number of nitrogens with zero attached hydrogens (tertiary/aromatic N) is 2. The molecule has 1 aromatic carbocycles. The van der Waals surface area contributed by atoms with E-state index in [-0.39, 0.29) is 5.92 Å². The fourth-order valence-corrected chi connectivity index (χ4v) is 3.03. The predicted octanol–water partition coefficient (Wildman–Crippen LogP) is 2.72. The van der Waals surface area contributed by atoms with Crippen molar-refractivity contribution in [3.05, 3.63) is 36.2 Å². The van der Waals surface area contributed by atoms with Crippen LogP contribution in [0.5, 0.6) is 5.75 Å². The average molecular weight is 286 g/mol. The van der Waals surface area contributed by atoms with Gasteiger partial charge in [-0.3, -0.25) is 4.79 Å². The quantitative estimate of drug-likeness (QED) is 0.881. The third-order valence-corrected chi connectivity index (χ3v) is 4.20. The highest BCUT2D eigenvalue weighted by atomic mass is 16.5. The van der Waals surface area contributed by atoms with Crippen molar-refractivity contribution in [2.24, 2.45) is 13.0 Å². The number of benzene rings is 1. The van der Waals surface area contributed by atoms with E-state index in [1.807, 2.05) is 42.0 Å². The van der Waals surface area contributed by atoms with E-state index in [1.54, 1.807) is 7.11 Å². The first-order chi connectivity index (χ1) is 10.1. The fraction of sp³-hybridized carbons (Fsp3) is 0.375. The lowest BCUT2D eigenvalue weighted by molar-refractivity contribution is -0.142. The molecule has 0 saturated carbocycles. The summed E-state index contributed by atoms with van der Waals surface area (Å²) in [5.74, 6) is 0.331. The van der Waals surface area contributed by atoms with Crippen molar-refractivity contribution in [2.45, 2.75) is 18.8 Å². The number of carboxylic acid groups (broad SMARTS) is 1. The largest absolute Gasteiger partial charge is 0.497 e. The molecule has 0 radical (unpaired) electrons. The zero-order valence-electron chi connectivity index (χ0n) is 12.1. The van der Waals surface area contributed by atoms with Crippen molar-refractivity contribution in [3.63, 3.8) is 0 Å². The molecule has 2 atom stereocenters. The van der Waals surface area contributed by atoms with Crippen molar-refractivity contribution in [2.75, 3.05) is 7.11 Å². The molecule has 1 heterocycles. The van der Waals surface area contributed by atoms with E-state index in [1.165, 1.54) is 0 Å². The van der Waals surface area contributed by atoms with Gasteiger partial charge in [-0.25, -0.2) is 4.98 Å². The Morgan fingerprint density at radius 1 is 1.38 bits per heavy atom. The molecule has 1 N–H and O–H groups in total. The topological polar surface area (TPSA) is 64.3 Å². The van der Waals surface area contributed by atoms with Gasteiger partial charge in [-0.1, -0.05) is 12.2 Å². The molecule has 0 fully saturated rings. The number of aliphatic carboxylic acids is 1. The Bertz CT molecular complexity index is 718. The molecule has 2 aromatic rings. The molecule has 2 unspecified atom stereocenters. The minimum atomic E-state index is -0.756. The maximum absolute atomic E-state index is 11.5. The number of rotatable bonds is 3. The normalized spacial score (nSPS) is 21.6. The third-order valence-electron chi connectivity index (χ3n) is 4.20. The van der Waals surface area contributed by atoms with E-state index in [2.05, 4.69) is 4.98 Å². The number of aryl methyl sites for hydroxylation is 1. The van der Waals surface area contributed by atoms with E-state index in [4.69, 9.17) is 4.74 Å². The Labute approximate surface area is 122 Å². The number of imidazole rings is 1. The van der Waals surface area contributed by atoms with Crippen molar-refractivity contribution in [1.29, 1.82) is 0 Å². The van der Waals surface area contributed by atoms with Crippen molar-refractivity contribution < 1.29 is 14.6 Å². The molecule has 5 heteroatoms. The predicted molar refractivity (Wildman–Crippen MR) is 79.5 cm³/mol. The molecule has 3 rings (SSSR count). The number of methoxy groups -OCH3 is 1. The van der Waals surface area contributed by atoms with E-state index < -0.39 is 11.9 Å². The van der Waals surface area contributed by atoms with Gasteiger partial charge in [-0.2, -0.15) is 0 Å². The number of fused-ring (bicyclic) bond motifs is 1. The number of ether oxygens (including phenoxy) is 1. The van der Waals surface area contributed by atoms with Crippen LogP contribution in [0.1, 0.15) is 24.6 Å². The van der Waals surface area contributed by atoms with Gasteiger partial charge in [0.05, 0.1) is 24.1 Å². The molecule has 1 aromatic heterocycles. The van der Waals surface area contributed by atoms with Crippen LogP contribution in [-0.2, 0) is 11.8 Å². The van der Waals surface area contributed by atoms with E-state index in [9.17, 15) is 9.90 Å². The standard InChI is InChI=1S/C16H18N2O3/c1-18-14-8-7-10(21-2)9-13(14)17-15(18)11-5-3-4-6-12(11)16(19)20/h3-4,7-9,11-12H,5-6H2,1-2H3,(H,19,20). The summed E-state index contributed by atoms with van der Waals surface area (Å²) in [6, 6.07) is 5.73. The molecule has 1 aliphatic rings. The van der Waals surface area contributed by atoms with Gasteiger partial charge in [0.25, 0.3) is 0 Å². The highest BCUT2D eigenvalue weighted by Crippen LogP contribution is 2.35. The molecular formula is C16H18N2O3. The van der Waals surface area contributed by atoms with E-state index in [0.29, 0.717) is 12.8 Å². The van der Waals surface area contributed by atoms with Gasteiger partial charge in [0.2, 0.25) is 0 Å². The maximum atomic E-state index is 11.5. The van der Waals surface area contributed by atoms with Gasteiger partial charge in [-0.15, -0.1) is 0 Å². The second kappa shape index (κ2) is 5.24. The number of aromatic nitrogens is 2. The van der Waals surface area contributed by atoms with Crippen molar-refractivity contribution >= 4 is 17.0 Å². The highest BCUT2D eigenvalue weighted by Gasteiger charge is 2.33. The van der Waals surface area contributed by atoms with Gasteiger partial charge in [0.15, 0.2) is 0 Å². The van der Waals surface area contributed by atoms with Gasteiger partial charge < -0.3 is 14.4 Å². The summed E-state index contributed by atoms with van der Waals surface area (Å²) in [5, 5.41) is 9.43. The zero-order chi connectivity index (χ0) is 15.0. The lowest BCUT2D eigenvalue weighted by atomic mass is 9.82. The van der Waals surface area contributed by atoms with Crippen LogP contribution in [0.2, 0.25) is 0 Å². The van der Waals surface area contributed by atoms with Crippen LogP contribution in [-0.4, -0.2) is 27.7 Å². The van der Waals surface area contributed by atoms with Crippen molar-refractivity contribution in [1.82, 2.24) is 9.55 Å². The molecule has 1 aliphatic carbocycles. The summed E-state index contributed by atoms with van der Waals surface area (Å²) in [6.45, 7) is 0. The van der Waals surface area contributed by atoms with Gasteiger partial charge >= 0.3 is 5.97 Å². The first-order valence-corrected chi connectivity index (χ1v) is 7.00. The van der Waals surface area contributed by atoms with Crippen LogP contribution in [0.15, 0.2) is 30.4 Å². The molecule has 0 aliphatic heterocycles. The van der Waals surface area contributed by atoms with Gasteiger partial charge in [0, 0.05) is 19.0 Å². The number of allylic oxidation sites excluding steroid dienone is 2. The number of hydrogen-bond donors (Lipinski definition) is 1. The van der Waals surface area contributed by atoms with Crippen LogP contribution in [0, 0.1) is 5.92 Å². The molecule has 110 valence electrons. The molecule has 0 bridgehead atoms. The molecular weight excluding hydrogens is 268 g/mol. The molecule has 0 spiro atoms. The van der Waals surface area contributed by atoms with Crippen LogP contribution in [0.3, 0.4) is 0 Å². The Morgan fingerprint density at radius 3 is 2.86 bits per heavy atom. The first kappa shape index (κ1) is 13.7. The third kappa shape index (κ3) is 2.28. The zero-order valence-corrected chi connectivity index (χ0v) is 12.1. The smallest absolute Gasteiger partial charge is 0.307 e. The Kier molecular flexibility index (Phi) is 3.41. The summed E-state index contributed by atoms with van der Waals surface area (Å²) in [7, 11) is 3.56. The summed E-state index contributed by atoms with van der Waals surface area (Å²) >= 11 is 0. The summed E-state index contributed by atoms with van der Waals surface area (Å²) in [6.07, 6.45) is 5.27. The molecule has 0 amide bonds. The van der Waals surface area contributed by atoms with Crippen molar-refractivity contribution in [3.8, 4) is 5.75 Å². The van der Waals surface area contributed by atoms with Gasteiger partial charge in [-0.05, 0) is 25.0 Å². The van der Waals surface area contributed by atoms with Crippen LogP contribution in [0.25, 0.3) is 11.0 Å². The lowest BCUT2D eigenvalue weighted by Gasteiger charge is -2.24. The Morgan fingerprint density at radius 2 is 2.14 bits per heavy atom. The van der Waals surface area contributed by atoms with Crippen LogP contribution >= 0.6 is 0 Å². The molecule has 0 saturated heterocycles. The average Bonchev–Trinajstić information content (AvgIpc) is 2.83. The van der Waals surface area contributed by atoms with Gasteiger partial charge in [0.1, 0.15) is 11.6 Å². The SMILES string of the molecule is COc1ccc2c(c1)nc(C1CC=CCC1C(=O)O)n2C. The van der Waals surface area contributed by atoms with E-state index >= 15 is 0 Å². The number of carboxylic acids is 1. The van der Waals surface area contributed by atoms with E-state index in [0.717, 1.165) is 22.6 Å². The fourth-order valence-electron chi connectivity index (χ4n) is 3.03. The minimum absolute atomic E-state index is 0.0871.